The summed E-state index contributed by atoms with van der Waals surface area (Å²) in [6.45, 7) is 5.38. The van der Waals surface area contributed by atoms with Crippen molar-refractivity contribution < 1.29 is 18.3 Å². The van der Waals surface area contributed by atoms with E-state index in [0.29, 0.717) is 0 Å². The summed E-state index contributed by atoms with van der Waals surface area (Å²) in [5, 5.41) is -0.253. The van der Waals surface area contributed by atoms with Crippen LogP contribution in [0.25, 0.3) is 5.69 Å². The van der Waals surface area contributed by atoms with E-state index in [4.69, 9.17) is 32.4 Å². The number of rotatable bonds is 3. The molecule has 1 aromatic heterocycles. The van der Waals surface area contributed by atoms with Crippen molar-refractivity contribution in [1.82, 2.24) is 4.57 Å². The highest BCUT2D eigenvalue weighted by Gasteiger charge is 2.28. The quantitative estimate of drug-likeness (QED) is 0.401. The molecule has 0 saturated carbocycles. The number of esters is 1. The predicted molar refractivity (Wildman–Crippen MR) is 92.4 cm³/mol. The predicted octanol–water partition coefficient (Wildman–Crippen LogP) is 4.47. The zero-order valence-corrected chi connectivity index (χ0v) is 16.1. The number of nitrogens with zero attached hydrogens (tertiary/aromatic N) is 1. The molecule has 2 aromatic rings. The summed E-state index contributed by atoms with van der Waals surface area (Å²) in [6.07, 6.45) is 0. The van der Waals surface area contributed by atoms with Crippen molar-refractivity contribution in [3.63, 3.8) is 0 Å². The Bertz CT molecular complexity index is 854. The minimum absolute atomic E-state index is 0.0634. The molecule has 0 saturated heterocycles. The summed E-state index contributed by atoms with van der Waals surface area (Å²) in [7, 11) is 0. The van der Waals surface area contributed by atoms with Gasteiger partial charge in [0, 0.05) is 11.5 Å². The van der Waals surface area contributed by atoms with Crippen molar-refractivity contribution in [2.24, 2.45) is 0 Å². The number of hydrogen-bond acceptors (Lipinski definition) is 4. The first-order valence-electron chi connectivity index (χ1n) is 6.74. The van der Waals surface area contributed by atoms with Crippen LogP contribution in [-0.4, -0.2) is 15.9 Å². The lowest BCUT2D eigenvalue weighted by molar-refractivity contribution is -0.131. The highest BCUT2D eigenvalue weighted by Crippen LogP contribution is 2.34. The normalized spacial score (nSPS) is 11.6. The summed E-state index contributed by atoms with van der Waals surface area (Å²) in [5.74, 6) is -2.19. The molecule has 0 radical (unpaired) electrons. The smallest absolute Gasteiger partial charge is 0.424 e. The summed E-state index contributed by atoms with van der Waals surface area (Å²) >= 11 is 15.0. The zero-order valence-electron chi connectivity index (χ0n) is 13.0. The fourth-order valence-electron chi connectivity index (χ4n) is 1.94. The van der Waals surface area contributed by atoms with Gasteiger partial charge in [-0.1, -0.05) is 59.9 Å². The van der Waals surface area contributed by atoms with Crippen molar-refractivity contribution in [3.05, 3.63) is 44.4 Å². The molecule has 0 fully saturated rings. The summed E-state index contributed by atoms with van der Waals surface area (Å²) in [6, 6.07) is 2.05. The molecule has 130 valence electrons. The molecule has 0 aliphatic heterocycles. The molecule has 0 spiro atoms. The molecule has 0 atom stereocenters. The van der Waals surface area contributed by atoms with E-state index >= 15 is 0 Å². The molecule has 1 aromatic carbocycles. The fourth-order valence-corrected chi connectivity index (χ4v) is 2.73. The topological polar surface area (TPSA) is 61.4 Å². The van der Waals surface area contributed by atoms with Crippen LogP contribution in [0, 0.1) is 5.82 Å². The van der Waals surface area contributed by atoms with Gasteiger partial charge in [-0.3, -0.25) is 4.79 Å². The first kappa shape index (κ1) is 19.0. The zero-order chi connectivity index (χ0) is 18.2. The lowest BCUT2D eigenvalue weighted by atomic mass is 9.94. The van der Waals surface area contributed by atoms with Crippen LogP contribution in [0.3, 0.4) is 0 Å². The minimum Gasteiger partial charge on any atom is -0.424 e. The van der Waals surface area contributed by atoms with Gasteiger partial charge in [-0.25, -0.2) is 13.8 Å². The van der Waals surface area contributed by atoms with Crippen LogP contribution >= 0.6 is 39.1 Å². The first-order valence-corrected chi connectivity index (χ1v) is 8.62. The third-order valence-corrected chi connectivity index (χ3v) is 4.11. The van der Waals surface area contributed by atoms with Gasteiger partial charge in [-0.05, 0) is 6.07 Å². The fraction of sp³-hybridized carbons (Fsp3) is 0.333. The van der Waals surface area contributed by atoms with E-state index in [9.17, 15) is 14.0 Å². The molecule has 0 bridgehead atoms. The van der Waals surface area contributed by atoms with Crippen molar-refractivity contribution >= 4 is 45.1 Å². The number of benzene rings is 1. The van der Waals surface area contributed by atoms with Gasteiger partial charge in [0.05, 0.1) is 10.7 Å². The molecule has 24 heavy (non-hydrogen) atoms. The van der Waals surface area contributed by atoms with E-state index in [1.54, 1.807) is 20.8 Å². The van der Waals surface area contributed by atoms with Crippen molar-refractivity contribution in [2.75, 3.05) is 5.33 Å². The van der Waals surface area contributed by atoms with E-state index in [-0.39, 0.29) is 32.7 Å². The number of aromatic nitrogens is 1. The monoisotopic (exact) mass is 439 g/mol. The number of ether oxygens (including phenoxy) is 1. The van der Waals surface area contributed by atoms with Gasteiger partial charge in [-0.15, -0.1) is 0 Å². The van der Waals surface area contributed by atoms with Gasteiger partial charge < -0.3 is 9.15 Å². The van der Waals surface area contributed by atoms with Gasteiger partial charge in [-0.2, -0.15) is 0 Å². The average molecular weight is 441 g/mol. The van der Waals surface area contributed by atoms with Crippen LogP contribution in [0.1, 0.15) is 26.5 Å². The van der Waals surface area contributed by atoms with Gasteiger partial charge in [0.25, 0.3) is 0 Å². The molecule has 9 heteroatoms. The van der Waals surface area contributed by atoms with E-state index in [0.717, 1.165) is 16.7 Å². The molecular formula is C15H13BrCl2FNO4. The maximum absolute atomic E-state index is 14.3. The minimum atomic E-state index is -0.857. The van der Waals surface area contributed by atoms with Crippen LogP contribution in [-0.2, 0) is 10.2 Å². The molecule has 0 amide bonds. The number of carbonyl (C=O) groups is 1. The number of halogens is 4. The highest BCUT2D eigenvalue weighted by molar-refractivity contribution is 9.09. The van der Waals surface area contributed by atoms with Crippen molar-refractivity contribution in [3.8, 4) is 11.4 Å². The van der Waals surface area contributed by atoms with Crippen LogP contribution < -0.4 is 10.5 Å². The highest BCUT2D eigenvalue weighted by atomic mass is 79.9. The van der Waals surface area contributed by atoms with Gasteiger partial charge in [0.1, 0.15) is 11.1 Å². The van der Waals surface area contributed by atoms with E-state index in [1.807, 2.05) is 0 Å². The van der Waals surface area contributed by atoms with Crippen molar-refractivity contribution in [2.45, 2.75) is 26.2 Å². The first-order chi connectivity index (χ1) is 11.1. The molecule has 0 unspecified atom stereocenters. The third kappa shape index (κ3) is 3.68. The van der Waals surface area contributed by atoms with E-state index < -0.39 is 23.0 Å². The Morgan fingerprint density at radius 2 is 2.00 bits per heavy atom. The lowest BCUT2D eigenvalue weighted by Gasteiger charge is -2.15. The Hall–Kier alpha value is -1.31. The SMILES string of the molecule is CC(C)(C)c1oc(=O)n(-c2cc(OC(=O)CBr)c(Cl)cc2F)c1Cl. The lowest BCUT2D eigenvalue weighted by Crippen LogP contribution is -2.15. The maximum Gasteiger partial charge on any atom is 0.425 e. The molecule has 2 rings (SSSR count). The number of hydrogen-bond donors (Lipinski definition) is 0. The largest absolute Gasteiger partial charge is 0.425 e. The summed E-state index contributed by atoms with van der Waals surface area (Å²) in [4.78, 5) is 23.5. The molecular weight excluding hydrogens is 428 g/mol. The maximum atomic E-state index is 14.3. The van der Waals surface area contributed by atoms with Crippen molar-refractivity contribution in [1.29, 1.82) is 0 Å². The van der Waals surface area contributed by atoms with Gasteiger partial charge >= 0.3 is 11.7 Å². The van der Waals surface area contributed by atoms with Crippen LogP contribution in [0.5, 0.6) is 5.75 Å². The van der Waals surface area contributed by atoms with Gasteiger partial charge in [0.15, 0.2) is 16.7 Å². The molecule has 1 heterocycles. The van der Waals surface area contributed by atoms with Crippen LogP contribution in [0.15, 0.2) is 21.3 Å². The third-order valence-electron chi connectivity index (χ3n) is 3.01. The molecule has 0 aliphatic carbocycles. The number of alkyl halides is 1. The molecule has 0 N–H and O–H groups in total. The van der Waals surface area contributed by atoms with Gasteiger partial charge in [0.2, 0.25) is 0 Å². The summed E-state index contributed by atoms with van der Waals surface area (Å²) in [5.41, 5.74) is -0.790. The second-order valence-electron chi connectivity index (χ2n) is 5.92. The molecule has 0 aliphatic rings. The summed E-state index contributed by atoms with van der Waals surface area (Å²) < 4.78 is 25.3. The second-order valence-corrected chi connectivity index (χ2v) is 7.24. The van der Waals surface area contributed by atoms with E-state index in [1.165, 1.54) is 0 Å². The number of carbonyl (C=O) groups excluding carboxylic acids is 1. The Kier molecular flexibility index (Phi) is 5.47. The Labute approximate surface area is 155 Å². The number of oxazole rings is 1. The second kappa shape index (κ2) is 6.90. The Balaban J connectivity index is 2.65. The standard InChI is InChI=1S/C15H13BrCl2FNO4/c1-15(2,3)12-13(18)20(14(22)24-12)9-5-10(23-11(21)6-16)7(17)4-8(9)19/h4-5H,6H2,1-3H3. The Morgan fingerprint density at radius 3 is 2.50 bits per heavy atom. The Morgan fingerprint density at radius 1 is 1.38 bits per heavy atom. The van der Waals surface area contributed by atoms with Crippen LogP contribution in [0.4, 0.5) is 4.39 Å². The average Bonchev–Trinajstić information content (AvgIpc) is 2.77. The molecule has 5 nitrogen and oxygen atoms in total. The van der Waals surface area contributed by atoms with Crippen LogP contribution in [0.2, 0.25) is 10.2 Å². The van der Waals surface area contributed by atoms with E-state index in [2.05, 4.69) is 15.9 Å².